The molecule has 0 fully saturated rings. The molecule has 2 aromatic heterocycles. The van der Waals surface area contributed by atoms with Gasteiger partial charge in [0.15, 0.2) is 5.78 Å². The minimum Gasteiger partial charge on any atom is -0.329 e. The van der Waals surface area contributed by atoms with Gasteiger partial charge in [-0.2, -0.15) is 17.5 Å². The molecule has 0 aliphatic heterocycles. The summed E-state index contributed by atoms with van der Waals surface area (Å²) in [6.07, 6.45) is -3.35. The summed E-state index contributed by atoms with van der Waals surface area (Å²) in [6, 6.07) is 5.97. The molecule has 0 spiro atoms. The summed E-state index contributed by atoms with van der Waals surface area (Å²) >= 11 is 0.513. The molecule has 0 radical (unpaired) electrons. The molecule has 0 saturated heterocycles. The minimum absolute atomic E-state index is 0.171. The Labute approximate surface area is 131 Å². The molecule has 0 aliphatic rings. The van der Waals surface area contributed by atoms with E-state index < -0.39 is 28.0 Å². The summed E-state index contributed by atoms with van der Waals surface area (Å²) in [7, 11) is 0. The number of fused-ring (bicyclic) bond motifs is 1. The van der Waals surface area contributed by atoms with Crippen molar-refractivity contribution in [3.63, 3.8) is 0 Å². The maximum atomic E-state index is 13.4. The number of alkyl halides is 3. The van der Waals surface area contributed by atoms with Gasteiger partial charge in [-0.1, -0.05) is 12.1 Å². The summed E-state index contributed by atoms with van der Waals surface area (Å²) in [4.78, 5) is 25.3. The number of aromatic amines is 1. The van der Waals surface area contributed by atoms with Crippen molar-refractivity contribution in [1.82, 2.24) is 9.36 Å². The molecule has 1 N–H and O–H groups in total. The lowest BCUT2D eigenvalue weighted by molar-refractivity contribution is -0.137. The largest absolute Gasteiger partial charge is 0.420 e. The van der Waals surface area contributed by atoms with Crippen LogP contribution in [0.4, 0.5) is 13.2 Å². The van der Waals surface area contributed by atoms with Crippen LogP contribution in [-0.4, -0.2) is 15.1 Å². The molecule has 0 amide bonds. The zero-order chi connectivity index (χ0) is 16.8. The fourth-order valence-electron chi connectivity index (χ4n) is 2.40. The molecule has 23 heavy (non-hydrogen) atoms. The highest BCUT2D eigenvalue weighted by atomic mass is 32.1. The minimum atomic E-state index is -4.72. The number of nitrogens with one attached hydrogen (secondary N) is 1. The van der Waals surface area contributed by atoms with Gasteiger partial charge in [0, 0.05) is 24.1 Å². The molecule has 3 rings (SSSR count). The summed E-state index contributed by atoms with van der Waals surface area (Å²) < 4.78 is 44.1. The number of rotatable bonds is 2. The van der Waals surface area contributed by atoms with Crippen molar-refractivity contribution >= 4 is 28.1 Å². The van der Waals surface area contributed by atoms with Crippen LogP contribution < -0.4 is 5.56 Å². The quantitative estimate of drug-likeness (QED) is 0.722. The van der Waals surface area contributed by atoms with E-state index in [1.807, 2.05) is 0 Å². The Bertz CT molecular complexity index is 973. The Morgan fingerprint density at radius 3 is 2.61 bits per heavy atom. The second-order valence-corrected chi connectivity index (χ2v) is 5.64. The van der Waals surface area contributed by atoms with Crippen LogP contribution in [0.3, 0.4) is 0 Å². The number of hydrogen-bond donors (Lipinski definition) is 1. The average molecular weight is 338 g/mol. The molecule has 0 saturated carbocycles. The topological polar surface area (TPSA) is 62.8 Å². The predicted molar refractivity (Wildman–Crippen MR) is 80.7 cm³/mol. The van der Waals surface area contributed by atoms with Crippen molar-refractivity contribution in [2.24, 2.45) is 0 Å². The molecule has 1 aromatic carbocycles. The van der Waals surface area contributed by atoms with Crippen molar-refractivity contribution in [3.05, 3.63) is 51.3 Å². The van der Waals surface area contributed by atoms with Crippen LogP contribution in [0.5, 0.6) is 0 Å². The number of benzene rings is 1. The molecule has 3 aromatic rings. The first kappa shape index (κ1) is 15.4. The lowest BCUT2D eigenvalue weighted by atomic mass is 9.99. The van der Waals surface area contributed by atoms with Crippen LogP contribution in [0.2, 0.25) is 0 Å². The molecule has 2 heterocycles. The van der Waals surface area contributed by atoms with E-state index in [-0.39, 0.29) is 16.6 Å². The van der Waals surface area contributed by atoms with E-state index in [1.54, 1.807) is 0 Å². The maximum absolute atomic E-state index is 13.4. The zero-order valence-corrected chi connectivity index (χ0v) is 12.5. The fraction of sp³-hybridized carbons (Fsp3) is 0.133. The van der Waals surface area contributed by atoms with Gasteiger partial charge in [-0.3, -0.25) is 9.59 Å². The van der Waals surface area contributed by atoms with E-state index in [0.29, 0.717) is 16.9 Å². The van der Waals surface area contributed by atoms with Crippen molar-refractivity contribution in [2.75, 3.05) is 0 Å². The van der Waals surface area contributed by atoms with Crippen LogP contribution in [0.25, 0.3) is 22.0 Å². The van der Waals surface area contributed by atoms with Crippen molar-refractivity contribution in [1.29, 1.82) is 0 Å². The third-order valence-corrected chi connectivity index (χ3v) is 4.31. The molecule has 118 valence electrons. The summed E-state index contributed by atoms with van der Waals surface area (Å²) in [5.41, 5.74) is -1.61. The number of nitrogens with zero attached hydrogens (tertiary/aromatic N) is 1. The number of Topliss-reactive ketones (excluding diaryl/α,β-unsaturated/α-hetero) is 1. The third kappa shape index (κ3) is 2.55. The van der Waals surface area contributed by atoms with Crippen molar-refractivity contribution in [2.45, 2.75) is 13.1 Å². The Kier molecular flexibility index (Phi) is 3.56. The first-order valence-corrected chi connectivity index (χ1v) is 7.26. The normalized spacial score (nSPS) is 11.8. The number of ketones is 1. The number of carbonyl (C=O) groups is 1. The highest BCUT2D eigenvalue weighted by Crippen LogP contribution is 2.42. The molecular formula is C15H9F3N2O2S. The fourth-order valence-corrected chi connectivity index (χ4v) is 3.21. The Morgan fingerprint density at radius 2 is 1.96 bits per heavy atom. The molecule has 0 bridgehead atoms. The number of pyridine rings is 1. The Balaban J connectivity index is 2.39. The maximum Gasteiger partial charge on any atom is 0.420 e. The van der Waals surface area contributed by atoms with Crippen molar-refractivity contribution < 1.29 is 18.0 Å². The highest BCUT2D eigenvalue weighted by Gasteiger charge is 2.40. The van der Waals surface area contributed by atoms with Gasteiger partial charge in [0.05, 0.1) is 5.69 Å². The number of halogens is 3. The lowest BCUT2D eigenvalue weighted by Crippen LogP contribution is -2.11. The van der Waals surface area contributed by atoms with E-state index in [0.717, 1.165) is 6.92 Å². The van der Waals surface area contributed by atoms with E-state index in [1.165, 1.54) is 30.5 Å². The molecule has 0 atom stereocenters. The first-order valence-electron chi connectivity index (χ1n) is 6.49. The Hall–Kier alpha value is -2.48. The van der Waals surface area contributed by atoms with Gasteiger partial charge < -0.3 is 4.98 Å². The average Bonchev–Trinajstić information content (AvgIpc) is 2.92. The van der Waals surface area contributed by atoms with Gasteiger partial charge in [-0.25, -0.2) is 0 Å². The van der Waals surface area contributed by atoms with Crippen LogP contribution >= 0.6 is 11.5 Å². The number of aromatic nitrogens is 2. The second kappa shape index (κ2) is 5.31. The summed E-state index contributed by atoms with van der Waals surface area (Å²) in [5.74, 6) is -0.695. The monoisotopic (exact) mass is 338 g/mol. The van der Waals surface area contributed by atoms with E-state index >= 15 is 0 Å². The van der Waals surface area contributed by atoms with E-state index in [9.17, 15) is 22.8 Å². The van der Waals surface area contributed by atoms with Crippen LogP contribution in [-0.2, 0) is 6.18 Å². The standard InChI is InChI=1S/C15H9F3N2O2S/c1-7(21)13-11(15(16,17)18)12(20-23-13)9-3-2-4-10-8(9)5-6-19-14(10)22/h2-6H,1H3,(H,19,22). The predicted octanol–water partition coefficient (Wildman–Crippen LogP) is 3.87. The van der Waals surface area contributed by atoms with Crippen LogP contribution in [0, 0.1) is 0 Å². The highest BCUT2D eigenvalue weighted by molar-refractivity contribution is 7.08. The molecule has 0 aliphatic carbocycles. The van der Waals surface area contributed by atoms with E-state index in [2.05, 4.69) is 9.36 Å². The van der Waals surface area contributed by atoms with Gasteiger partial charge in [0.1, 0.15) is 10.4 Å². The number of H-pyrrole nitrogens is 1. The van der Waals surface area contributed by atoms with Crippen LogP contribution in [0.1, 0.15) is 22.2 Å². The number of hydrogen-bond acceptors (Lipinski definition) is 4. The second-order valence-electron chi connectivity index (χ2n) is 4.86. The van der Waals surface area contributed by atoms with Gasteiger partial charge in [0.2, 0.25) is 0 Å². The van der Waals surface area contributed by atoms with Gasteiger partial charge in [-0.05, 0) is 29.1 Å². The molecule has 4 nitrogen and oxygen atoms in total. The lowest BCUT2D eigenvalue weighted by Gasteiger charge is -2.10. The summed E-state index contributed by atoms with van der Waals surface area (Å²) in [5, 5.41) is 0.609. The van der Waals surface area contributed by atoms with Gasteiger partial charge in [0.25, 0.3) is 5.56 Å². The molecular weight excluding hydrogens is 329 g/mol. The smallest absolute Gasteiger partial charge is 0.329 e. The zero-order valence-electron chi connectivity index (χ0n) is 11.7. The third-order valence-electron chi connectivity index (χ3n) is 3.37. The van der Waals surface area contributed by atoms with E-state index in [4.69, 9.17) is 0 Å². The van der Waals surface area contributed by atoms with Crippen molar-refractivity contribution in [3.8, 4) is 11.3 Å². The molecule has 0 unspecified atom stereocenters. The Morgan fingerprint density at radius 1 is 1.22 bits per heavy atom. The van der Waals surface area contributed by atoms with Gasteiger partial charge in [-0.15, -0.1) is 0 Å². The SMILES string of the molecule is CC(=O)c1snc(-c2cccc3c(=O)[nH]ccc23)c1C(F)(F)F. The molecule has 8 heteroatoms. The van der Waals surface area contributed by atoms with Gasteiger partial charge >= 0.3 is 6.18 Å². The van der Waals surface area contributed by atoms with Crippen LogP contribution in [0.15, 0.2) is 35.3 Å². The summed E-state index contributed by atoms with van der Waals surface area (Å²) in [6.45, 7) is 1.07. The first-order chi connectivity index (χ1) is 10.8. The number of carbonyl (C=O) groups excluding carboxylic acids is 1.